The molecule has 4 N–H and O–H groups in total. The van der Waals surface area contributed by atoms with Crippen molar-refractivity contribution in [1.29, 1.82) is 0 Å². The number of hydrogen-bond donors (Lipinski definition) is 3. The van der Waals surface area contributed by atoms with E-state index in [0.29, 0.717) is 24.3 Å². The van der Waals surface area contributed by atoms with Gasteiger partial charge in [0.2, 0.25) is 0 Å². The number of aryl methyl sites for hydroxylation is 1. The third-order valence-corrected chi connectivity index (χ3v) is 3.90. The predicted octanol–water partition coefficient (Wildman–Crippen LogP) is 0.374. The summed E-state index contributed by atoms with van der Waals surface area (Å²) in [6.45, 7) is 6.37. The Kier molecular flexibility index (Phi) is 3.06. The Morgan fingerprint density at radius 2 is 2.39 bits per heavy atom. The van der Waals surface area contributed by atoms with Crippen LogP contribution in [0, 0.1) is 5.41 Å². The van der Waals surface area contributed by atoms with Crippen molar-refractivity contribution in [3.05, 3.63) is 11.9 Å². The molecule has 0 saturated heterocycles. The Morgan fingerprint density at radius 3 is 2.89 bits per heavy atom. The number of carbonyl (C=O) groups is 1. The fraction of sp³-hybridized carbons (Fsp3) is 0.667. The number of aliphatic hydroxyl groups is 1. The molecule has 100 valence electrons. The first kappa shape index (κ1) is 12.9. The molecule has 2 atom stereocenters. The van der Waals surface area contributed by atoms with Gasteiger partial charge in [0.05, 0.1) is 18.0 Å². The first-order chi connectivity index (χ1) is 8.37. The van der Waals surface area contributed by atoms with Crippen molar-refractivity contribution in [2.45, 2.75) is 45.9 Å². The van der Waals surface area contributed by atoms with E-state index in [9.17, 15) is 9.90 Å². The van der Waals surface area contributed by atoms with Gasteiger partial charge in [-0.3, -0.25) is 9.48 Å². The highest BCUT2D eigenvalue weighted by Gasteiger charge is 2.48. The Labute approximate surface area is 106 Å². The van der Waals surface area contributed by atoms with Crippen LogP contribution < -0.4 is 11.1 Å². The second kappa shape index (κ2) is 4.28. The molecule has 1 aromatic heterocycles. The number of aromatic nitrogens is 2. The van der Waals surface area contributed by atoms with Gasteiger partial charge >= 0.3 is 0 Å². The number of nitrogen functional groups attached to an aromatic ring is 1. The molecule has 6 nitrogen and oxygen atoms in total. The van der Waals surface area contributed by atoms with Crippen molar-refractivity contribution in [2.24, 2.45) is 5.41 Å². The van der Waals surface area contributed by atoms with Gasteiger partial charge in [-0.1, -0.05) is 13.8 Å². The van der Waals surface area contributed by atoms with Gasteiger partial charge in [-0.2, -0.15) is 5.10 Å². The summed E-state index contributed by atoms with van der Waals surface area (Å²) in [4.78, 5) is 12.2. The number of nitrogens with two attached hydrogens (primary N) is 1. The average Bonchev–Trinajstić information content (AvgIpc) is 2.70. The summed E-state index contributed by atoms with van der Waals surface area (Å²) in [6, 6.07) is -0.0281. The number of hydrogen-bond acceptors (Lipinski definition) is 4. The summed E-state index contributed by atoms with van der Waals surface area (Å²) in [6.07, 6.45) is 1.70. The molecule has 1 aliphatic carbocycles. The van der Waals surface area contributed by atoms with E-state index < -0.39 is 0 Å². The third-order valence-electron chi connectivity index (χ3n) is 3.90. The van der Waals surface area contributed by atoms with Gasteiger partial charge in [0, 0.05) is 18.0 Å². The molecule has 0 radical (unpaired) electrons. The van der Waals surface area contributed by atoms with Crippen LogP contribution in [0.15, 0.2) is 6.20 Å². The molecule has 2 rings (SSSR count). The number of nitrogens with one attached hydrogen (secondary N) is 1. The predicted molar refractivity (Wildman–Crippen MR) is 68.0 cm³/mol. The monoisotopic (exact) mass is 252 g/mol. The summed E-state index contributed by atoms with van der Waals surface area (Å²) >= 11 is 0. The number of carbonyl (C=O) groups excluding carboxylic acids is 1. The lowest BCUT2D eigenvalue weighted by molar-refractivity contribution is -0.0690. The van der Waals surface area contributed by atoms with E-state index in [1.807, 2.05) is 20.8 Å². The molecule has 6 heteroatoms. The minimum atomic E-state index is -0.365. The summed E-state index contributed by atoms with van der Waals surface area (Å²) < 4.78 is 1.58. The maximum Gasteiger partial charge on any atom is 0.271 e. The Balaban J connectivity index is 2.11. The Morgan fingerprint density at radius 1 is 1.72 bits per heavy atom. The van der Waals surface area contributed by atoms with Crippen molar-refractivity contribution >= 4 is 11.6 Å². The molecule has 1 aliphatic rings. The average molecular weight is 252 g/mol. The van der Waals surface area contributed by atoms with E-state index in [4.69, 9.17) is 5.73 Å². The zero-order valence-corrected chi connectivity index (χ0v) is 11.0. The Hall–Kier alpha value is -1.56. The topological polar surface area (TPSA) is 93.2 Å². The second-order valence-corrected chi connectivity index (χ2v) is 5.36. The molecule has 1 fully saturated rings. The summed E-state index contributed by atoms with van der Waals surface area (Å²) in [5.41, 5.74) is 6.24. The van der Waals surface area contributed by atoms with Crippen LogP contribution in [0.5, 0.6) is 0 Å². The van der Waals surface area contributed by atoms with Crippen LogP contribution in [-0.4, -0.2) is 32.9 Å². The van der Waals surface area contributed by atoms with Crippen LogP contribution in [0.2, 0.25) is 0 Å². The minimum Gasteiger partial charge on any atom is -0.396 e. The van der Waals surface area contributed by atoms with Crippen molar-refractivity contribution < 1.29 is 9.90 Å². The lowest BCUT2D eigenvalue weighted by atomic mass is 9.64. The van der Waals surface area contributed by atoms with Crippen LogP contribution in [0.25, 0.3) is 0 Å². The van der Waals surface area contributed by atoms with Crippen LogP contribution in [0.4, 0.5) is 5.69 Å². The normalized spacial score (nSPS) is 25.6. The standard InChI is InChI=1S/C12H20N4O2/c1-4-16-10(7(13)6-14-16)11(18)15-8-5-9(17)12(8,2)3/h6,8-9,17H,4-5,13H2,1-3H3,(H,15,18). The van der Waals surface area contributed by atoms with Crippen molar-refractivity contribution in [2.75, 3.05) is 5.73 Å². The van der Waals surface area contributed by atoms with E-state index in [0.717, 1.165) is 0 Å². The fourth-order valence-corrected chi connectivity index (χ4v) is 2.26. The molecular weight excluding hydrogens is 232 g/mol. The highest BCUT2D eigenvalue weighted by atomic mass is 16.3. The quantitative estimate of drug-likeness (QED) is 0.724. The number of amides is 1. The molecule has 1 amide bonds. The molecule has 0 aliphatic heterocycles. The Bertz CT molecular complexity index is 467. The van der Waals surface area contributed by atoms with Gasteiger partial charge in [0.1, 0.15) is 5.69 Å². The lowest BCUT2D eigenvalue weighted by Crippen LogP contribution is -2.61. The minimum absolute atomic E-state index is 0.0281. The number of nitrogens with zero attached hydrogens (tertiary/aromatic N) is 2. The molecule has 0 bridgehead atoms. The second-order valence-electron chi connectivity index (χ2n) is 5.36. The highest BCUT2D eigenvalue weighted by Crippen LogP contribution is 2.40. The zero-order chi connectivity index (χ0) is 13.5. The number of rotatable bonds is 3. The van der Waals surface area contributed by atoms with Gasteiger partial charge in [0.15, 0.2) is 0 Å². The van der Waals surface area contributed by atoms with Crippen molar-refractivity contribution in [3.63, 3.8) is 0 Å². The molecular formula is C12H20N4O2. The van der Waals surface area contributed by atoms with E-state index in [1.165, 1.54) is 6.20 Å². The first-order valence-electron chi connectivity index (χ1n) is 6.18. The summed E-state index contributed by atoms with van der Waals surface area (Å²) in [7, 11) is 0. The van der Waals surface area contributed by atoms with E-state index in [2.05, 4.69) is 10.4 Å². The van der Waals surface area contributed by atoms with Gasteiger partial charge in [-0.05, 0) is 13.3 Å². The number of anilines is 1. The van der Waals surface area contributed by atoms with Crippen LogP contribution in [-0.2, 0) is 6.54 Å². The van der Waals surface area contributed by atoms with Gasteiger partial charge < -0.3 is 16.2 Å². The van der Waals surface area contributed by atoms with Crippen molar-refractivity contribution in [3.8, 4) is 0 Å². The molecule has 1 heterocycles. The highest BCUT2D eigenvalue weighted by molar-refractivity contribution is 5.97. The molecule has 18 heavy (non-hydrogen) atoms. The molecule has 1 aromatic rings. The molecule has 2 unspecified atom stereocenters. The van der Waals surface area contributed by atoms with E-state index in [-0.39, 0.29) is 23.5 Å². The van der Waals surface area contributed by atoms with Gasteiger partial charge in [-0.15, -0.1) is 0 Å². The van der Waals surface area contributed by atoms with Crippen molar-refractivity contribution in [1.82, 2.24) is 15.1 Å². The summed E-state index contributed by atoms with van der Waals surface area (Å²) in [5.74, 6) is -0.225. The fourth-order valence-electron chi connectivity index (χ4n) is 2.26. The first-order valence-corrected chi connectivity index (χ1v) is 6.18. The third kappa shape index (κ3) is 1.86. The van der Waals surface area contributed by atoms with Gasteiger partial charge in [0.25, 0.3) is 5.91 Å². The zero-order valence-electron chi connectivity index (χ0n) is 11.0. The number of aliphatic hydroxyl groups excluding tert-OH is 1. The lowest BCUT2D eigenvalue weighted by Gasteiger charge is -2.49. The van der Waals surface area contributed by atoms with Gasteiger partial charge in [-0.25, -0.2) is 0 Å². The van der Waals surface area contributed by atoms with E-state index in [1.54, 1.807) is 4.68 Å². The largest absolute Gasteiger partial charge is 0.396 e. The summed E-state index contributed by atoms with van der Waals surface area (Å²) in [5, 5.41) is 16.6. The maximum atomic E-state index is 12.2. The molecule has 0 spiro atoms. The smallest absolute Gasteiger partial charge is 0.271 e. The van der Waals surface area contributed by atoms with Crippen LogP contribution in [0.3, 0.4) is 0 Å². The molecule has 1 saturated carbocycles. The van der Waals surface area contributed by atoms with Crippen LogP contribution in [0.1, 0.15) is 37.7 Å². The van der Waals surface area contributed by atoms with Crippen LogP contribution >= 0.6 is 0 Å². The SMILES string of the molecule is CCn1ncc(N)c1C(=O)NC1CC(O)C1(C)C. The van der Waals surface area contributed by atoms with E-state index >= 15 is 0 Å². The molecule has 0 aromatic carbocycles. The maximum absolute atomic E-state index is 12.2.